The van der Waals surface area contributed by atoms with Crippen molar-refractivity contribution in [1.29, 1.82) is 0 Å². The second-order valence-corrected chi connectivity index (χ2v) is 14.8. The highest BCUT2D eigenvalue weighted by molar-refractivity contribution is 8.02. The van der Waals surface area contributed by atoms with E-state index in [4.69, 9.17) is 18.9 Å². The first-order valence-corrected chi connectivity index (χ1v) is 18.5. The van der Waals surface area contributed by atoms with E-state index in [0.29, 0.717) is 47.2 Å². The average molecular weight is 694 g/mol. The minimum absolute atomic E-state index is 0.0192. The molecule has 1 aromatic heterocycles. The zero-order valence-electron chi connectivity index (χ0n) is 27.2. The lowest BCUT2D eigenvalue weighted by atomic mass is 9.77. The molecule has 0 saturated carbocycles. The maximum Gasteiger partial charge on any atom is 0.340 e. The molecule has 10 heteroatoms. The van der Waals surface area contributed by atoms with E-state index in [-0.39, 0.29) is 48.0 Å². The first kappa shape index (κ1) is 31.7. The molecule has 1 amide bonds. The Kier molecular flexibility index (Phi) is 8.24. The van der Waals surface area contributed by atoms with Crippen molar-refractivity contribution < 1.29 is 33.3 Å². The van der Waals surface area contributed by atoms with Gasteiger partial charge in [-0.05, 0) is 66.1 Å². The van der Waals surface area contributed by atoms with Crippen LogP contribution in [0.25, 0.3) is 0 Å². The largest absolute Gasteiger partial charge is 0.493 e. The summed E-state index contributed by atoms with van der Waals surface area (Å²) in [5.74, 6) is 1.77. The molecule has 4 aromatic rings. The summed E-state index contributed by atoms with van der Waals surface area (Å²) in [7, 11) is 0. The fourth-order valence-electron chi connectivity index (χ4n) is 7.14. The normalized spacial score (nSPS) is 22.9. The monoisotopic (exact) mass is 693 g/mol. The fourth-order valence-corrected chi connectivity index (χ4v) is 9.27. The number of unbranched alkanes of at least 4 members (excludes halogenated alkanes) is 1. The van der Waals surface area contributed by atoms with Gasteiger partial charge in [-0.1, -0.05) is 37.6 Å². The van der Waals surface area contributed by atoms with Crippen LogP contribution in [0.4, 0.5) is 0 Å². The zero-order valence-corrected chi connectivity index (χ0v) is 28.8. The highest BCUT2D eigenvalue weighted by atomic mass is 32.2. The lowest BCUT2D eigenvalue weighted by molar-refractivity contribution is -0.154. The molecule has 250 valence electrons. The number of ether oxygens (including phenoxy) is 4. The third-order valence-electron chi connectivity index (χ3n) is 9.73. The van der Waals surface area contributed by atoms with E-state index < -0.39 is 5.60 Å². The van der Waals surface area contributed by atoms with E-state index in [0.717, 1.165) is 34.4 Å². The van der Waals surface area contributed by atoms with Crippen molar-refractivity contribution in [3.05, 3.63) is 116 Å². The quantitative estimate of drug-likeness (QED) is 0.0891. The molecule has 0 bridgehead atoms. The zero-order chi connectivity index (χ0) is 33.7. The van der Waals surface area contributed by atoms with Crippen LogP contribution in [0.15, 0.2) is 89.2 Å². The van der Waals surface area contributed by atoms with Gasteiger partial charge in [0.2, 0.25) is 5.91 Å². The molecule has 0 radical (unpaired) electrons. The molecule has 3 aromatic carbocycles. The lowest BCUT2D eigenvalue weighted by Gasteiger charge is -2.52. The van der Waals surface area contributed by atoms with Gasteiger partial charge in [0.15, 0.2) is 5.60 Å². The molecule has 4 aliphatic rings. The van der Waals surface area contributed by atoms with Crippen LogP contribution >= 0.6 is 23.1 Å². The Morgan fingerprint density at radius 2 is 1.69 bits per heavy atom. The van der Waals surface area contributed by atoms with E-state index in [1.165, 1.54) is 0 Å². The Morgan fingerprint density at radius 1 is 0.939 bits per heavy atom. The molecule has 8 rings (SSSR count). The number of carbonyl (C=O) groups excluding carboxylic acids is 3. The number of Topliss-reactive ketones (excluding diaryl/α,β-unsaturated/α-hetero) is 1. The van der Waals surface area contributed by atoms with Crippen LogP contribution in [0.3, 0.4) is 0 Å². The van der Waals surface area contributed by atoms with E-state index >= 15 is 0 Å². The number of β-lactam (4-membered cyclic amide) rings is 1. The van der Waals surface area contributed by atoms with E-state index in [2.05, 4.69) is 12.3 Å². The van der Waals surface area contributed by atoms with Gasteiger partial charge in [-0.2, -0.15) is 0 Å². The van der Waals surface area contributed by atoms with Crippen molar-refractivity contribution in [1.82, 2.24) is 4.90 Å². The van der Waals surface area contributed by atoms with Gasteiger partial charge in [0.1, 0.15) is 35.4 Å². The molecule has 1 saturated heterocycles. The molecular formula is C39H35NO7S2. The number of hydrogen-bond donors (Lipinski definition) is 0. The summed E-state index contributed by atoms with van der Waals surface area (Å²) in [6, 6.07) is 22.5. The maximum absolute atomic E-state index is 13.2. The smallest absolute Gasteiger partial charge is 0.340 e. The summed E-state index contributed by atoms with van der Waals surface area (Å²) >= 11 is 3.14. The molecule has 1 fully saturated rings. The third-order valence-corrected chi connectivity index (χ3v) is 11.9. The Balaban J connectivity index is 1.02. The van der Waals surface area contributed by atoms with Crippen molar-refractivity contribution in [2.75, 3.05) is 13.2 Å². The summed E-state index contributed by atoms with van der Waals surface area (Å²) < 4.78 is 25.1. The summed E-state index contributed by atoms with van der Waals surface area (Å²) in [5.41, 5.74) is 2.52. The molecule has 5 heterocycles. The molecule has 8 nitrogen and oxygen atoms in total. The molecule has 0 N–H and O–H groups in total. The Bertz CT molecular complexity index is 1990. The molecule has 0 aliphatic carbocycles. The number of hydrogen-bond acceptors (Lipinski definition) is 9. The molecule has 4 aliphatic heterocycles. The van der Waals surface area contributed by atoms with Crippen molar-refractivity contribution in [3.63, 3.8) is 0 Å². The number of nitrogens with zero attached hydrogens (tertiary/aromatic N) is 1. The van der Waals surface area contributed by atoms with Crippen LogP contribution in [-0.4, -0.2) is 47.2 Å². The average Bonchev–Trinajstić information content (AvgIpc) is 3.72. The summed E-state index contributed by atoms with van der Waals surface area (Å²) in [6.45, 7) is 5.00. The number of esters is 1. The highest BCUT2D eigenvalue weighted by Gasteiger charge is 2.54. The maximum atomic E-state index is 13.2. The number of carbonyl (C=O) groups is 3. The van der Waals surface area contributed by atoms with Crippen LogP contribution in [0.1, 0.15) is 65.0 Å². The van der Waals surface area contributed by atoms with E-state index in [1.807, 2.05) is 83.9 Å². The lowest BCUT2D eigenvalue weighted by Crippen LogP contribution is -2.64. The van der Waals surface area contributed by atoms with Crippen LogP contribution < -0.4 is 14.2 Å². The van der Waals surface area contributed by atoms with Gasteiger partial charge >= 0.3 is 5.97 Å². The topological polar surface area (TPSA) is 91.4 Å². The summed E-state index contributed by atoms with van der Waals surface area (Å²) in [4.78, 5) is 42.0. The Hall–Kier alpha value is -4.54. The van der Waals surface area contributed by atoms with Gasteiger partial charge in [0.25, 0.3) is 0 Å². The predicted octanol–water partition coefficient (Wildman–Crippen LogP) is 7.88. The number of ketones is 1. The van der Waals surface area contributed by atoms with Crippen LogP contribution in [0, 0.1) is 5.92 Å². The van der Waals surface area contributed by atoms with Crippen LogP contribution in [0.2, 0.25) is 0 Å². The van der Waals surface area contributed by atoms with Crippen molar-refractivity contribution in [2.45, 2.75) is 56.5 Å². The van der Waals surface area contributed by atoms with Crippen molar-refractivity contribution in [2.24, 2.45) is 5.92 Å². The first-order valence-electron chi connectivity index (χ1n) is 16.6. The summed E-state index contributed by atoms with van der Waals surface area (Å²) in [5, 5.41) is 3.99. The third kappa shape index (κ3) is 5.41. The minimum atomic E-state index is -1.18. The number of rotatable bonds is 11. The predicted molar refractivity (Wildman–Crippen MR) is 188 cm³/mol. The molecule has 1 spiro atoms. The SMILES string of the molecule is CCCCOc1ccc2c(c1)Oc1cc(OCC3=CSC4C(CC(=O)Cc5cccs5)C(=O)N4C3C)ccc1C21OC(=O)c2ccccc21. The van der Waals surface area contributed by atoms with Gasteiger partial charge in [0.05, 0.1) is 29.5 Å². The molecule has 4 atom stereocenters. The first-order chi connectivity index (χ1) is 23.9. The van der Waals surface area contributed by atoms with Crippen LogP contribution in [-0.2, 0) is 26.3 Å². The second-order valence-electron chi connectivity index (χ2n) is 12.8. The van der Waals surface area contributed by atoms with E-state index in [1.54, 1.807) is 29.2 Å². The van der Waals surface area contributed by atoms with Crippen molar-refractivity contribution in [3.8, 4) is 23.0 Å². The van der Waals surface area contributed by atoms with Gasteiger partial charge in [-0.15, -0.1) is 23.1 Å². The number of benzene rings is 3. The number of thiophene rings is 1. The molecule has 49 heavy (non-hydrogen) atoms. The Labute approximate surface area is 293 Å². The standard InChI is InChI=1S/C39H35NO7S2/c1-3-4-15-44-26-11-13-32-34(19-26)46-35-20-27(12-14-33(35)39(32)31-10-6-5-9-29(31)38(43)47-39)45-21-24-22-49-37-30(36(42)40(37)23(24)2)18-25(41)17-28-8-7-16-48-28/h5-14,16,19-20,22-23,30,37H,3-4,15,17-18,21H2,1-2H3. The molecular weight excluding hydrogens is 659 g/mol. The van der Waals surface area contributed by atoms with Gasteiger partial charge in [-0.3, -0.25) is 9.59 Å². The fraction of sp³-hybridized carbons (Fsp3) is 0.308. The Morgan fingerprint density at radius 3 is 2.43 bits per heavy atom. The van der Waals surface area contributed by atoms with Gasteiger partial charge in [-0.25, -0.2) is 4.79 Å². The van der Waals surface area contributed by atoms with Crippen molar-refractivity contribution >= 4 is 40.8 Å². The second kappa shape index (κ2) is 12.7. The highest BCUT2D eigenvalue weighted by Crippen LogP contribution is 2.57. The van der Waals surface area contributed by atoms with E-state index in [9.17, 15) is 14.4 Å². The van der Waals surface area contributed by atoms with Gasteiger partial charge < -0.3 is 23.8 Å². The summed E-state index contributed by atoms with van der Waals surface area (Å²) in [6.07, 6.45) is 2.61. The van der Waals surface area contributed by atoms with Gasteiger partial charge in [0, 0.05) is 46.5 Å². The number of amides is 1. The van der Waals surface area contributed by atoms with Crippen LogP contribution in [0.5, 0.6) is 23.0 Å². The number of fused-ring (bicyclic) bond motifs is 7. The molecule has 4 unspecified atom stereocenters. The minimum Gasteiger partial charge on any atom is -0.493 e. The number of thioether (sulfide) groups is 1.